The van der Waals surface area contributed by atoms with Gasteiger partial charge in [-0.2, -0.15) is 0 Å². The molecular formula is C15H13NO. The SMILES string of the molecule is Cc1nc(C)c2c(c1C)-c1ccccc1C2=O. The number of hydrogen-bond acceptors (Lipinski definition) is 2. The van der Waals surface area contributed by atoms with E-state index in [1.165, 1.54) is 0 Å². The maximum absolute atomic E-state index is 12.3. The van der Waals surface area contributed by atoms with Gasteiger partial charge in [0.15, 0.2) is 5.78 Å². The molecule has 0 N–H and O–H groups in total. The summed E-state index contributed by atoms with van der Waals surface area (Å²) in [6.45, 7) is 5.94. The molecule has 1 aromatic heterocycles. The highest BCUT2D eigenvalue weighted by Gasteiger charge is 2.30. The number of aromatic nitrogens is 1. The molecule has 0 aliphatic heterocycles. The van der Waals surface area contributed by atoms with Gasteiger partial charge in [0.25, 0.3) is 0 Å². The summed E-state index contributed by atoms with van der Waals surface area (Å²) in [6, 6.07) is 7.80. The van der Waals surface area contributed by atoms with Crippen molar-refractivity contribution < 1.29 is 4.79 Å². The fourth-order valence-electron chi connectivity index (χ4n) is 2.59. The minimum Gasteiger partial charge on any atom is -0.288 e. The van der Waals surface area contributed by atoms with E-state index in [-0.39, 0.29) is 5.78 Å². The first-order valence-corrected chi connectivity index (χ1v) is 5.73. The van der Waals surface area contributed by atoms with E-state index < -0.39 is 0 Å². The highest BCUT2D eigenvalue weighted by atomic mass is 16.1. The molecular weight excluding hydrogens is 210 g/mol. The molecule has 0 amide bonds. The Morgan fingerprint density at radius 2 is 1.53 bits per heavy atom. The Bertz CT molecular complexity index is 656. The van der Waals surface area contributed by atoms with Crippen molar-refractivity contribution in [2.75, 3.05) is 0 Å². The van der Waals surface area contributed by atoms with E-state index in [9.17, 15) is 4.79 Å². The van der Waals surface area contributed by atoms with E-state index >= 15 is 0 Å². The van der Waals surface area contributed by atoms with E-state index in [1.54, 1.807) is 0 Å². The molecule has 0 fully saturated rings. The third kappa shape index (κ3) is 1.21. The molecule has 1 aliphatic rings. The Labute approximate surface area is 100 Å². The lowest BCUT2D eigenvalue weighted by molar-refractivity contribution is 0.104. The third-order valence-corrected chi connectivity index (χ3v) is 3.53. The number of rotatable bonds is 0. The van der Waals surface area contributed by atoms with Crippen LogP contribution >= 0.6 is 0 Å². The average Bonchev–Trinajstić information content (AvgIpc) is 2.61. The lowest BCUT2D eigenvalue weighted by atomic mass is 9.99. The lowest BCUT2D eigenvalue weighted by Crippen LogP contribution is -2.02. The fraction of sp³-hybridized carbons (Fsp3) is 0.200. The molecule has 2 nitrogen and oxygen atoms in total. The summed E-state index contributed by atoms with van der Waals surface area (Å²) < 4.78 is 0. The van der Waals surface area contributed by atoms with Crippen LogP contribution in [0.25, 0.3) is 11.1 Å². The average molecular weight is 223 g/mol. The highest BCUT2D eigenvalue weighted by molar-refractivity contribution is 6.22. The van der Waals surface area contributed by atoms with Crippen LogP contribution in [0.15, 0.2) is 24.3 Å². The van der Waals surface area contributed by atoms with Crippen molar-refractivity contribution in [1.29, 1.82) is 0 Å². The summed E-state index contributed by atoms with van der Waals surface area (Å²) in [5, 5.41) is 0. The zero-order valence-corrected chi connectivity index (χ0v) is 10.2. The number of carbonyl (C=O) groups excluding carboxylic acids is 1. The Kier molecular flexibility index (Phi) is 1.96. The molecule has 0 bridgehead atoms. The number of ketones is 1. The number of carbonyl (C=O) groups is 1. The van der Waals surface area contributed by atoms with E-state index in [4.69, 9.17) is 0 Å². The monoisotopic (exact) mass is 223 g/mol. The number of pyridine rings is 1. The van der Waals surface area contributed by atoms with Gasteiger partial charge in [-0.15, -0.1) is 0 Å². The molecule has 0 saturated carbocycles. The van der Waals surface area contributed by atoms with Crippen molar-refractivity contribution in [2.45, 2.75) is 20.8 Å². The molecule has 2 heteroatoms. The molecule has 17 heavy (non-hydrogen) atoms. The molecule has 2 aromatic rings. The predicted octanol–water partition coefficient (Wildman–Crippen LogP) is 3.22. The first-order valence-electron chi connectivity index (χ1n) is 5.73. The molecule has 1 aromatic carbocycles. The van der Waals surface area contributed by atoms with Gasteiger partial charge in [0.05, 0.1) is 5.56 Å². The van der Waals surface area contributed by atoms with Gasteiger partial charge in [0, 0.05) is 22.5 Å². The van der Waals surface area contributed by atoms with Gasteiger partial charge in [0.1, 0.15) is 0 Å². The Balaban J connectivity index is 2.48. The fourth-order valence-corrected chi connectivity index (χ4v) is 2.59. The van der Waals surface area contributed by atoms with E-state index in [0.717, 1.165) is 39.2 Å². The van der Waals surface area contributed by atoms with Crippen LogP contribution in [0.5, 0.6) is 0 Å². The van der Waals surface area contributed by atoms with Crippen LogP contribution in [0.2, 0.25) is 0 Å². The van der Waals surface area contributed by atoms with Crippen LogP contribution in [-0.4, -0.2) is 10.8 Å². The van der Waals surface area contributed by atoms with Crippen molar-refractivity contribution in [2.24, 2.45) is 0 Å². The zero-order chi connectivity index (χ0) is 12.2. The number of aryl methyl sites for hydroxylation is 2. The van der Waals surface area contributed by atoms with Crippen molar-refractivity contribution in [3.8, 4) is 11.1 Å². The Hall–Kier alpha value is -1.96. The summed E-state index contributed by atoms with van der Waals surface area (Å²) >= 11 is 0. The second-order valence-electron chi connectivity index (χ2n) is 4.53. The standard InChI is InChI=1S/C15H13NO/c1-8-9(2)16-10(3)14-13(8)11-6-4-5-7-12(11)15(14)17/h4-7H,1-3H3. The quantitative estimate of drug-likeness (QED) is 0.585. The van der Waals surface area contributed by atoms with Gasteiger partial charge in [-0.05, 0) is 31.9 Å². The second-order valence-corrected chi connectivity index (χ2v) is 4.53. The van der Waals surface area contributed by atoms with Crippen LogP contribution in [0.4, 0.5) is 0 Å². The van der Waals surface area contributed by atoms with Gasteiger partial charge in [-0.1, -0.05) is 24.3 Å². The molecule has 84 valence electrons. The first-order chi connectivity index (χ1) is 8.11. The highest BCUT2D eigenvalue weighted by Crippen LogP contribution is 2.40. The minimum atomic E-state index is 0.115. The van der Waals surface area contributed by atoms with Crippen LogP contribution in [-0.2, 0) is 0 Å². The van der Waals surface area contributed by atoms with Gasteiger partial charge in [-0.25, -0.2) is 0 Å². The predicted molar refractivity (Wildman–Crippen MR) is 67.3 cm³/mol. The van der Waals surface area contributed by atoms with E-state index in [0.29, 0.717) is 0 Å². The van der Waals surface area contributed by atoms with Gasteiger partial charge in [-0.3, -0.25) is 9.78 Å². The molecule has 0 saturated heterocycles. The van der Waals surface area contributed by atoms with Crippen LogP contribution in [0.1, 0.15) is 32.9 Å². The van der Waals surface area contributed by atoms with Crippen LogP contribution in [0.3, 0.4) is 0 Å². The number of fused-ring (bicyclic) bond motifs is 3. The number of hydrogen-bond donors (Lipinski definition) is 0. The zero-order valence-electron chi connectivity index (χ0n) is 10.2. The van der Waals surface area contributed by atoms with Gasteiger partial charge in [0.2, 0.25) is 0 Å². The van der Waals surface area contributed by atoms with Gasteiger partial charge >= 0.3 is 0 Å². The minimum absolute atomic E-state index is 0.115. The van der Waals surface area contributed by atoms with E-state index in [2.05, 4.69) is 4.98 Å². The summed E-state index contributed by atoms with van der Waals surface area (Å²) in [5.74, 6) is 0.115. The summed E-state index contributed by atoms with van der Waals surface area (Å²) in [5.41, 5.74) is 6.68. The molecule has 3 rings (SSSR count). The lowest BCUT2D eigenvalue weighted by Gasteiger charge is -2.09. The smallest absolute Gasteiger partial charge is 0.196 e. The first kappa shape index (κ1) is 10.2. The van der Waals surface area contributed by atoms with Crippen molar-refractivity contribution in [3.63, 3.8) is 0 Å². The number of nitrogens with zero attached hydrogens (tertiary/aromatic N) is 1. The normalized spacial score (nSPS) is 12.5. The van der Waals surface area contributed by atoms with E-state index in [1.807, 2.05) is 45.0 Å². The second kappa shape index (κ2) is 3.27. The van der Waals surface area contributed by atoms with Crippen LogP contribution in [0, 0.1) is 20.8 Å². The Morgan fingerprint density at radius 3 is 2.24 bits per heavy atom. The molecule has 1 aliphatic carbocycles. The Morgan fingerprint density at radius 1 is 0.882 bits per heavy atom. The number of benzene rings is 1. The summed E-state index contributed by atoms with van der Waals surface area (Å²) in [6.07, 6.45) is 0. The third-order valence-electron chi connectivity index (χ3n) is 3.53. The van der Waals surface area contributed by atoms with Crippen molar-refractivity contribution in [3.05, 3.63) is 52.3 Å². The summed E-state index contributed by atoms with van der Waals surface area (Å²) in [4.78, 5) is 16.8. The molecule has 0 atom stereocenters. The molecule has 0 spiro atoms. The van der Waals surface area contributed by atoms with Crippen molar-refractivity contribution >= 4 is 5.78 Å². The molecule has 0 radical (unpaired) electrons. The largest absolute Gasteiger partial charge is 0.288 e. The maximum Gasteiger partial charge on any atom is 0.196 e. The molecule has 0 unspecified atom stereocenters. The molecule has 1 heterocycles. The topological polar surface area (TPSA) is 30.0 Å². The van der Waals surface area contributed by atoms with Crippen LogP contribution < -0.4 is 0 Å². The maximum atomic E-state index is 12.3. The summed E-state index contributed by atoms with van der Waals surface area (Å²) in [7, 11) is 0. The van der Waals surface area contributed by atoms with Gasteiger partial charge < -0.3 is 0 Å². The van der Waals surface area contributed by atoms with Crippen molar-refractivity contribution in [1.82, 2.24) is 4.98 Å².